The van der Waals surface area contributed by atoms with Crippen LogP contribution in [-0.4, -0.2) is 96.7 Å². The molecule has 3 N–H and O–H groups in total. The number of carbonyl (C=O) groups excluding carboxylic acids is 4. The predicted molar refractivity (Wildman–Crippen MR) is 427 cm³/mol. The molecule has 0 amide bonds. The Morgan fingerprint density at radius 3 is 0.788 bits per heavy atom. The minimum Gasteiger partial charge on any atom is -0.462 e. The number of phosphoric ester groups is 2. The van der Waals surface area contributed by atoms with Gasteiger partial charge in [-0.3, -0.25) is 37.3 Å². The van der Waals surface area contributed by atoms with E-state index in [1.54, 1.807) is 0 Å². The maximum Gasteiger partial charge on any atom is 0.472 e. The number of aliphatic hydroxyl groups is 1. The fourth-order valence-electron chi connectivity index (χ4n) is 11.3. The normalized spacial score (nSPS) is 14.3. The van der Waals surface area contributed by atoms with Gasteiger partial charge in [-0.2, -0.15) is 0 Å². The zero-order chi connectivity index (χ0) is 76.0. The summed E-state index contributed by atoms with van der Waals surface area (Å²) in [4.78, 5) is 73.1. The molecule has 0 fully saturated rings. The van der Waals surface area contributed by atoms with Gasteiger partial charge in [0.05, 0.1) is 26.4 Å². The molecule has 0 radical (unpaired) electrons. The Bertz CT molecular complexity index is 2350. The van der Waals surface area contributed by atoms with Crippen molar-refractivity contribution in [2.24, 2.45) is 0 Å². The van der Waals surface area contributed by atoms with E-state index in [4.69, 9.17) is 37.0 Å². The third-order valence-electron chi connectivity index (χ3n) is 17.5. The molecule has 0 aromatic heterocycles. The average molecular weight is 1510 g/mol. The Morgan fingerprint density at radius 2 is 0.500 bits per heavy atom. The Morgan fingerprint density at radius 1 is 0.279 bits per heavy atom. The van der Waals surface area contributed by atoms with E-state index in [9.17, 15) is 43.2 Å². The van der Waals surface area contributed by atoms with E-state index in [0.717, 1.165) is 193 Å². The van der Waals surface area contributed by atoms with E-state index in [2.05, 4.69) is 125 Å². The summed E-state index contributed by atoms with van der Waals surface area (Å²) in [5.74, 6) is -2.18. The Balaban J connectivity index is 5.34. The van der Waals surface area contributed by atoms with Gasteiger partial charge in [0, 0.05) is 25.7 Å². The topological polar surface area (TPSA) is 237 Å². The molecule has 0 aromatic carbocycles. The molecule has 0 saturated heterocycles. The van der Waals surface area contributed by atoms with E-state index < -0.39 is 97.5 Å². The highest BCUT2D eigenvalue weighted by molar-refractivity contribution is 7.47. The molecule has 17 nitrogen and oxygen atoms in total. The van der Waals surface area contributed by atoms with Gasteiger partial charge in [-0.25, -0.2) is 9.13 Å². The minimum absolute atomic E-state index is 0.0838. The van der Waals surface area contributed by atoms with Crippen LogP contribution in [0, 0.1) is 0 Å². The lowest BCUT2D eigenvalue weighted by Gasteiger charge is -2.21. The second-order valence-corrected chi connectivity index (χ2v) is 30.6. The van der Waals surface area contributed by atoms with Crippen LogP contribution >= 0.6 is 15.6 Å². The average Bonchev–Trinajstić information content (AvgIpc) is 0.911. The molecule has 0 saturated carbocycles. The summed E-state index contributed by atoms with van der Waals surface area (Å²) in [6.07, 6.45) is 82.3. The van der Waals surface area contributed by atoms with Crippen LogP contribution in [0.1, 0.15) is 362 Å². The lowest BCUT2D eigenvalue weighted by molar-refractivity contribution is -0.161. The van der Waals surface area contributed by atoms with Crippen LogP contribution in [0.25, 0.3) is 0 Å². The zero-order valence-corrected chi connectivity index (χ0v) is 67.7. The summed E-state index contributed by atoms with van der Waals surface area (Å²) < 4.78 is 68.7. The number of hydrogen-bond donors (Lipinski definition) is 3. The van der Waals surface area contributed by atoms with Gasteiger partial charge in [0.2, 0.25) is 0 Å². The lowest BCUT2D eigenvalue weighted by Crippen LogP contribution is -2.30. The number of ether oxygens (including phenoxy) is 4. The van der Waals surface area contributed by atoms with E-state index in [1.807, 2.05) is 0 Å². The molecule has 0 aliphatic heterocycles. The van der Waals surface area contributed by atoms with Crippen molar-refractivity contribution in [2.75, 3.05) is 39.6 Å². The van der Waals surface area contributed by atoms with Crippen molar-refractivity contribution in [3.63, 3.8) is 0 Å². The standard InChI is InChI=1S/C85H150O17P2/c1-5-9-13-17-21-25-29-33-36-38-39-41-44-47-50-54-58-62-66-70-83(88)96-76-81(102-85(90)72-68-64-60-56-52-48-42-35-31-27-23-19-15-11-7-3)78-100-104(93,94)98-74-79(86)73-97-103(91,92)99-77-80(101-84(89)71-67-63-59-55-51-45-32-28-24-20-16-12-8-4)75-95-82(87)69-65-61-57-53-49-46-43-40-37-34-30-26-22-18-14-10-6-2/h9-10,13-14,21-22,25-26,28,32-34,36-37,39,41,79-81,86H,5-8,11-12,15-20,23-24,27,29-31,35,38,40,42-78H2,1-4H3,(H,91,92)(H,93,94)/b13-9-,14-10-,25-21-,26-22-,32-28-,36-33-,37-34-,41-39-. The lowest BCUT2D eigenvalue weighted by atomic mass is 10.0. The van der Waals surface area contributed by atoms with Crippen LogP contribution in [0.15, 0.2) is 97.2 Å². The number of rotatable bonds is 78. The SMILES string of the molecule is CC/C=C\C/C=C\C/C=C\C/C=C\CCCCCCCCC(=O)OCC(COP(=O)(O)OCC(O)COP(=O)(O)OCC(COC(=O)CCCCCCCCC/C=C\C/C=C\C/C=C\CC)OC(=O)CCCCCCC/C=C\CCCCCC)OC(=O)CCCCCCCCCCCCCCCCC. The molecular weight excluding hydrogens is 1350 g/mol. The molecule has 0 rings (SSSR count). The highest BCUT2D eigenvalue weighted by Gasteiger charge is 2.30. The van der Waals surface area contributed by atoms with Crippen LogP contribution in [0.2, 0.25) is 0 Å². The molecule has 0 spiro atoms. The van der Waals surface area contributed by atoms with E-state index >= 15 is 0 Å². The molecule has 0 bridgehead atoms. The maximum atomic E-state index is 13.1. The van der Waals surface area contributed by atoms with E-state index in [-0.39, 0.29) is 25.7 Å². The van der Waals surface area contributed by atoms with Gasteiger partial charge in [0.15, 0.2) is 12.2 Å². The van der Waals surface area contributed by atoms with Crippen molar-refractivity contribution < 1.29 is 80.2 Å². The van der Waals surface area contributed by atoms with Crippen molar-refractivity contribution >= 4 is 39.5 Å². The number of hydrogen-bond acceptors (Lipinski definition) is 15. The van der Waals surface area contributed by atoms with Gasteiger partial charge in [0.1, 0.15) is 19.3 Å². The molecule has 0 aromatic rings. The zero-order valence-electron chi connectivity index (χ0n) is 65.9. The number of aliphatic hydroxyl groups excluding tert-OH is 1. The van der Waals surface area contributed by atoms with Crippen molar-refractivity contribution in [3.8, 4) is 0 Å². The molecule has 0 aliphatic rings. The molecular formula is C85H150O17P2. The quantitative estimate of drug-likeness (QED) is 0.0169. The van der Waals surface area contributed by atoms with Gasteiger partial charge in [-0.15, -0.1) is 0 Å². The Labute approximate surface area is 633 Å². The highest BCUT2D eigenvalue weighted by Crippen LogP contribution is 2.45. The van der Waals surface area contributed by atoms with Crippen molar-refractivity contribution in [3.05, 3.63) is 97.2 Å². The number of unbranched alkanes of at least 4 members (excludes halogenated alkanes) is 36. The van der Waals surface area contributed by atoms with Crippen LogP contribution in [0.5, 0.6) is 0 Å². The van der Waals surface area contributed by atoms with Gasteiger partial charge in [0.25, 0.3) is 0 Å². The molecule has 5 unspecified atom stereocenters. The van der Waals surface area contributed by atoms with Crippen LogP contribution in [-0.2, 0) is 65.4 Å². The monoisotopic (exact) mass is 1510 g/mol. The van der Waals surface area contributed by atoms with Gasteiger partial charge in [-0.05, 0) is 122 Å². The van der Waals surface area contributed by atoms with Crippen molar-refractivity contribution in [1.82, 2.24) is 0 Å². The molecule has 0 heterocycles. The first kappa shape index (κ1) is 100.0. The van der Waals surface area contributed by atoms with Crippen molar-refractivity contribution in [2.45, 2.75) is 380 Å². The van der Waals surface area contributed by atoms with Gasteiger partial charge < -0.3 is 33.8 Å². The summed E-state index contributed by atoms with van der Waals surface area (Å²) in [5.41, 5.74) is 0. The second-order valence-electron chi connectivity index (χ2n) is 27.7. The number of phosphoric acid groups is 2. The number of esters is 4. The third-order valence-corrected chi connectivity index (χ3v) is 19.4. The van der Waals surface area contributed by atoms with E-state index in [1.165, 1.54) is 89.9 Å². The fraction of sp³-hybridized carbons (Fsp3) is 0.765. The number of carbonyl (C=O) groups is 4. The third kappa shape index (κ3) is 76.2. The summed E-state index contributed by atoms with van der Waals surface area (Å²) in [7, 11) is -9.96. The van der Waals surface area contributed by atoms with Gasteiger partial charge >= 0.3 is 39.5 Å². The maximum absolute atomic E-state index is 13.1. The molecule has 19 heteroatoms. The summed E-state index contributed by atoms with van der Waals surface area (Å²) in [5, 5.41) is 10.7. The van der Waals surface area contributed by atoms with E-state index in [0.29, 0.717) is 25.7 Å². The summed E-state index contributed by atoms with van der Waals surface area (Å²) >= 11 is 0. The Hall–Kier alpha value is -4.02. The predicted octanol–water partition coefficient (Wildman–Crippen LogP) is 24.3. The van der Waals surface area contributed by atoms with Crippen LogP contribution in [0.3, 0.4) is 0 Å². The number of allylic oxidation sites excluding steroid dienone is 16. The van der Waals surface area contributed by atoms with Crippen molar-refractivity contribution in [1.29, 1.82) is 0 Å². The van der Waals surface area contributed by atoms with Crippen LogP contribution < -0.4 is 0 Å². The molecule has 0 aliphatic carbocycles. The van der Waals surface area contributed by atoms with Crippen LogP contribution in [0.4, 0.5) is 0 Å². The second kappa shape index (κ2) is 77.1. The largest absolute Gasteiger partial charge is 0.472 e. The fourth-order valence-corrected chi connectivity index (χ4v) is 12.9. The first-order valence-electron chi connectivity index (χ1n) is 41.5. The molecule has 104 heavy (non-hydrogen) atoms. The molecule has 602 valence electrons. The first-order chi connectivity index (χ1) is 50.7. The smallest absolute Gasteiger partial charge is 0.462 e. The molecule has 5 atom stereocenters. The minimum atomic E-state index is -4.98. The highest BCUT2D eigenvalue weighted by atomic mass is 31.2. The van der Waals surface area contributed by atoms with Gasteiger partial charge in [-0.1, -0.05) is 311 Å². The summed E-state index contributed by atoms with van der Waals surface area (Å²) in [6.45, 7) is 4.67. The summed E-state index contributed by atoms with van der Waals surface area (Å²) in [6, 6.07) is 0. The first-order valence-corrected chi connectivity index (χ1v) is 44.5. The Kier molecular flexibility index (Phi) is 74.2.